The molecule has 0 aliphatic rings. The molecule has 2 aromatic carbocycles. The Kier molecular flexibility index (Phi) is 3.21. The van der Waals surface area contributed by atoms with Crippen LogP contribution >= 0.6 is 0 Å². The van der Waals surface area contributed by atoms with Crippen LogP contribution in [-0.4, -0.2) is 10.8 Å². The van der Waals surface area contributed by atoms with Crippen molar-refractivity contribution >= 4 is 16.7 Å². The quantitative estimate of drug-likeness (QED) is 0.669. The van der Waals surface area contributed by atoms with Crippen molar-refractivity contribution in [1.29, 1.82) is 5.26 Å². The maximum atomic E-state index is 12.6. The van der Waals surface area contributed by atoms with E-state index >= 15 is 0 Å². The second-order valence-corrected chi connectivity index (χ2v) is 4.78. The Hall–Kier alpha value is -2.99. The molecule has 3 aromatic rings. The molecule has 0 aliphatic heterocycles. The number of benzene rings is 2. The van der Waals surface area contributed by atoms with E-state index < -0.39 is 0 Å². The Bertz CT molecular complexity index is 877. The van der Waals surface area contributed by atoms with Gasteiger partial charge in [-0.15, -0.1) is 0 Å². The summed E-state index contributed by atoms with van der Waals surface area (Å²) in [4.78, 5) is 17.0. The maximum absolute atomic E-state index is 12.6. The first-order valence-corrected chi connectivity index (χ1v) is 6.61. The number of pyridine rings is 1. The van der Waals surface area contributed by atoms with Crippen molar-refractivity contribution in [3.63, 3.8) is 0 Å². The van der Waals surface area contributed by atoms with Gasteiger partial charge in [-0.3, -0.25) is 4.79 Å². The Balaban J connectivity index is 2.28. The van der Waals surface area contributed by atoms with Crippen LogP contribution in [0.4, 0.5) is 0 Å². The van der Waals surface area contributed by atoms with Crippen LogP contribution < -0.4 is 0 Å². The van der Waals surface area contributed by atoms with Crippen molar-refractivity contribution in [1.82, 2.24) is 4.98 Å². The lowest BCUT2D eigenvalue weighted by Crippen LogP contribution is -2.09. The number of nitrogens with zero attached hydrogens (tertiary/aromatic N) is 2. The Morgan fingerprint density at radius 1 is 1.05 bits per heavy atom. The summed E-state index contributed by atoms with van der Waals surface area (Å²) < 4.78 is 0. The predicted octanol–water partition coefficient (Wildman–Crippen LogP) is 3.65. The summed E-state index contributed by atoms with van der Waals surface area (Å²) in [5.74, 6) is -0.221. The molecule has 0 radical (unpaired) electrons. The van der Waals surface area contributed by atoms with Gasteiger partial charge in [0.2, 0.25) is 5.78 Å². The zero-order valence-corrected chi connectivity index (χ0v) is 11.5. The highest BCUT2D eigenvalue weighted by Crippen LogP contribution is 2.23. The van der Waals surface area contributed by atoms with Crippen LogP contribution in [0.5, 0.6) is 0 Å². The molecule has 0 amide bonds. The first-order valence-electron chi connectivity index (χ1n) is 6.61. The molecule has 0 saturated heterocycles. The van der Waals surface area contributed by atoms with Gasteiger partial charge >= 0.3 is 0 Å². The summed E-state index contributed by atoms with van der Waals surface area (Å²) in [5, 5.41) is 10.3. The van der Waals surface area contributed by atoms with Gasteiger partial charge in [-0.1, -0.05) is 48.5 Å². The van der Waals surface area contributed by atoms with Crippen LogP contribution in [-0.2, 0) is 0 Å². The maximum Gasteiger partial charge on any atom is 0.212 e. The largest absolute Gasteiger partial charge is 0.287 e. The number of carbonyl (C=O) groups excluding carboxylic acids is 1. The molecule has 0 fully saturated rings. The smallest absolute Gasteiger partial charge is 0.212 e. The van der Waals surface area contributed by atoms with Crippen molar-refractivity contribution < 1.29 is 4.79 Å². The lowest BCUT2D eigenvalue weighted by atomic mass is 9.98. The number of nitriles is 1. The third-order valence-corrected chi connectivity index (χ3v) is 3.51. The van der Waals surface area contributed by atoms with Gasteiger partial charge in [0.15, 0.2) is 0 Å². The molecule has 0 unspecified atom stereocenters. The number of carbonyl (C=O) groups is 1. The van der Waals surface area contributed by atoms with Gasteiger partial charge in [-0.05, 0) is 18.6 Å². The molecular formula is C18H12N2O. The molecule has 0 atom stereocenters. The molecule has 1 aromatic heterocycles. The number of hydrogen-bond acceptors (Lipinski definition) is 3. The van der Waals surface area contributed by atoms with Crippen LogP contribution in [0.1, 0.15) is 27.2 Å². The topological polar surface area (TPSA) is 53.8 Å². The first-order chi connectivity index (χ1) is 10.2. The fourth-order valence-corrected chi connectivity index (χ4v) is 2.40. The Morgan fingerprint density at radius 3 is 2.43 bits per heavy atom. The molecule has 3 rings (SSSR count). The Labute approximate surface area is 122 Å². The van der Waals surface area contributed by atoms with Gasteiger partial charge in [-0.25, -0.2) is 4.98 Å². The monoisotopic (exact) mass is 272 g/mol. The third-order valence-electron chi connectivity index (χ3n) is 3.51. The molecule has 3 nitrogen and oxygen atoms in total. The number of para-hydroxylation sites is 1. The second-order valence-electron chi connectivity index (χ2n) is 4.78. The highest BCUT2D eigenvalue weighted by atomic mass is 16.1. The minimum absolute atomic E-state index is 0.221. The van der Waals surface area contributed by atoms with E-state index in [1.165, 1.54) is 0 Å². The average molecular weight is 272 g/mol. The van der Waals surface area contributed by atoms with E-state index in [0.29, 0.717) is 11.1 Å². The summed E-state index contributed by atoms with van der Waals surface area (Å²) in [6, 6.07) is 18.6. The molecule has 0 spiro atoms. The highest BCUT2D eigenvalue weighted by molar-refractivity contribution is 6.10. The minimum Gasteiger partial charge on any atom is -0.287 e. The standard InChI is InChI=1S/C18H12N2O/c1-12-14-9-5-6-10-16(14)20-17(15(12)11-19)18(21)13-7-3-2-4-8-13/h2-10H,1H3. The summed E-state index contributed by atoms with van der Waals surface area (Å²) >= 11 is 0. The summed E-state index contributed by atoms with van der Waals surface area (Å²) in [5.41, 5.74) is 2.63. The van der Waals surface area contributed by atoms with Gasteiger partial charge < -0.3 is 0 Å². The van der Waals surface area contributed by atoms with Crippen LogP contribution in [0.2, 0.25) is 0 Å². The van der Waals surface area contributed by atoms with E-state index in [1.54, 1.807) is 24.3 Å². The molecule has 0 saturated carbocycles. The zero-order valence-electron chi connectivity index (χ0n) is 11.5. The normalized spacial score (nSPS) is 10.3. The Morgan fingerprint density at radius 2 is 1.71 bits per heavy atom. The van der Waals surface area contributed by atoms with Crippen molar-refractivity contribution in [3.05, 3.63) is 77.0 Å². The number of ketones is 1. The SMILES string of the molecule is Cc1c(C#N)c(C(=O)c2ccccc2)nc2ccccc12. The summed E-state index contributed by atoms with van der Waals surface area (Å²) in [6.45, 7) is 1.85. The van der Waals surface area contributed by atoms with Gasteiger partial charge in [-0.2, -0.15) is 5.26 Å². The van der Waals surface area contributed by atoms with Crippen LogP contribution in [0, 0.1) is 18.3 Å². The number of fused-ring (bicyclic) bond motifs is 1. The first kappa shape index (κ1) is 13.0. The second kappa shape index (κ2) is 5.18. The van der Waals surface area contributed by atoms with Crippen LogP contribution in [0.25, 0.3) is 10.9 Å². The third kappa shape index (κ3) is 2.17. The zero-order chi connectivity index (χ0) is 14.8. The van der Waals surface area contributed by atoms with Crippen molar-refractivity contribution in [2.75, 3.05) is 0 Å². The minimum atomic E-state index is -0.221. The molecule has 0 N–H and O–H groups in total. The molecule has 21 heavy (non-hydrogen) atoms. The lowest BCUT2D eigenvalue weighted by Gasteiger charge is -2.09. The van der Waals surface area contributed by atoms with Crippen molar-refractivity contribution in [3.8, 4) is 6.07 Å². The molecular weight excluding hydrogens is 260 g/mol. The molecule has 0 aliphatic carbocycles. The van der Waals surface area contributed by atoms with Crippen molar-refractivity contribution in [2.24, 2.45) is 0 Å². The number of aryl methyl sites for hydroxylation is 1. The molecule has 100 valence electrons. The number of hydrogen-bond donors (Lipinski definition) is 0. The fraction of sp³-hybridized carbons (Fsp3) is 0.0556. The lowest BCUT2D eigenvalue weighted by molar-refractivity contribution is 0.103. The molecule has 3 heteroatoms. The van der Waals surface area contributed by atoms with E-state index in [-0.39, 0.29) is 11.5 Å². The van der Waals surface area contributed by atoms with E-state index in [9.17, 15) is 10.1 Å². The van der Waals surface area contributed by atoms with E-state index in [0.717, 1.165) is 16.5 Å². The summed E-state index contributed by atoms with van der Waals surface area (Å²) in [6.07, 6.45) is 0. The highest BCUT2D eigenvalue weighted by Gasteiger charge is 2.19. The van der Waals surface area contributed by atoms with Gasteiger partial charge in [0.05, 0.1) is 11.1 Å². The average Bonchev–Trinajstić information content (AvgIpc) is 2.55. The number of rotatable bonds is 2. The predicted molar refractivity (Wildman–Crippen MR) is 81.1 cm³/mol. The molecule has 1 heterocycles. The van der Waals surface area contributed by atoms with Gasteiger partial charge in [0.25, 0.3) is 0 Å². The fourth-order valence-electron chi connectivity index (χ4n) is 2.40. The summed E-state index contributed by atoms with van der Waals surface area (Å²) in [7, 11) is 0. The van der Waals surface area contributed by atoms with Gasteiger partial charge in [0.1, 0.15) is 11.8 Å². The van der Waals surface area contributed by atoms with Gasteiger partial charge in [0, 0.05) is 10.9 Å². The van der Waals surface area contributed by atoms with Crippen LogP contribution in [0.3, 0.4) is 0 Å². The van der Waals surface area contributed by atoms with E-state index in [1.807, 2.05) is 37.3 Å². The van der Waals surface area contributed by atoms with Crippen LogP contribution in [0.15, 0.2) is 54.6 Å². The van der Waals surface area contributed by atoms with E-state index in [2.05, 4.69) is 11.1 Å². The molecule has 0 bridgehead atoms. The van der Waals surface area contributed by atoms with E-state index in [4.69, 9.17) is 0 Å². The number of aromatic nitrogens is 1. The van der Waals surface area contributed by atoms with Crippen molar-refractivity contribution in [2.45, 2.75) is 6.92 Å².